The first-order chi connectivity index (χ1) is 17.3. The highest BCUT2D eigenvalue weighted by Gasteiger charge is 2.32. The van der Waals surface area contributed by atoms with Crippen LogP contribution in [-0.2, 0) is 15.8 Å². The molecule has 1 atom stereocenters. The van der Waals surface area contributed by atoms with Crippen molar-refractivity contribution in [2.75, 3.05) is 11.9 Å². The molecule has 1 aliphatic heterocycles. The van der Waals surface area contributed by atoms with Gasteiger partial charge in [-0.25, -0.2) is 18.4 Å². The van der Waals surface area contributed by atoms with Crippen molar-refractivity contribution in [1.82, 2.24) is 14.3 Å². The zero-order valence-corrected chi connectivity index (χ0v) is 22.7. The lowest BCUT2D eigenvalue weighted by molar-refractivity contribution is 0.102. The van der Waals surface area contributed by atoms with Crippen molar-refractivity contribution < 1.29 is 13.2 Å². The van der Waals surface area contributed by atoms with Crippen LogP contribution in [0.4, 0.5) is 5.69 Å². The number of sulfonamides is 1. The van der Waals surface area contributed by atoms with Crippen LogP contribution in [0, 0.1) is 6.92 Å². The maximum absolute atomic E-state index is 13.2. The van der Waals surface area contributed by atoms with Gasteiger partial charge in [-0.15, -0.1) is 0 Å². The number of amides is 1. The first-order valence-corrected chi connectivity index (χ1v) is 14.7. The SMILES string of the molecule is CCC1CCCCN1S(=O)(=O)c1ccc(NC(=O)c2nc(SCc3cccc(C)c3)ncc2Cl)cc1. The Morgan fingerprint density at radius 3 is 2.69 bits per heavy atom. The van der Waals surface area contributed by atoms with E-state index in [1.165, 1.54) is 35.7 Å². The smallest absolute Gasteiger partial charge is 0.275 e. The van der Waals surface area contributed by atoms with Crippen molar-refractivity contribution in [3.63, 3.8) is 0 Å². The van der Waals surface area contributed by atoms with Crippen molar-refractivity contribution in [2.24, 2.45) is 0 Å². The summed E-state index contributed by atoms with van der Waals surface area (Å²) in [5.41, 5.74) is 2.82. The van der Waals surface area contributed by atoms with Crippen molar-refractivity contribution in [3.8, 4) is 0 Å². The first-order valence-electron chi connectivity index (χ1n) is 11.9. The summed E-state index contributed by atoms with van der Waals surface area (Å²) < 4.78 is 28.0. The molecule has 1 amide bonds. The number of rotatable bonds is 8. The Bertz CT molecular complexity index is 1330. The highest BCUT2D eigenvalue weighted by atomic mass is 35.5. The molecule has 190 valence electrons. The summed E-state index contributed by atoms with van der Waals surface area (Å²) in [7, 11) is -3.59. The predicted molar refractivity (Wildman–Crippen MR) is 144 cm³/mol. The Kier molecular flexibility index (Phi) is 8.66. The normalized spacial score (nSPS) is 16.6. The third-order valence-corrected chi connectivity index (χ3v) is 9.33. The van der Waals surface area contributed by atoms with Gasteiger partial charge in [-0.05, 0) is 56.0 Å². The molecule has 0 bridgehead atoms. The fraction of sp³-hybridized carbons (Fsp3) is 0.346. The lowest BCUT2D eigenvalue weighted by Gasteiger charge is -2.34. The Morgan fingerprint density at radius 2 is 1.97 bits per heavy atom. The number of piperidine rings is 1. The van der Waals surface area contributed by atoms with Crippen LogP contribution < -0.4 is 5.32 Å². The molecular weight excluding hydrogens is 516 g/mol. The van der Waals surface area contributed by atoms with Crippen LogP contribution in [0.15, 0.2) is 64.8 Å². The average Bonchev–Trinajstić information content (AvgIpc) is 2.88. The van der Waals surface area contributed by atoms with Gasteiger partial charge in [0.15, 0.2) is 10.9 Å². The summed E-state index contributed by atoms with van der Waals surface area (Å²) in [5, 5.41) is 3.34. The molecule has 0 radical (unpaired) electrons. The highest BCUT2D eigenvalue weighted by Crippen LogP contribution is 2.28. The minimum atomic E-state index is -3.59. The van der Waals surface area contributed by atoms with Gasteiger partial charge in [-0.1, -0.05) is 66.5 Å². The molecule has 1 N–H and O–H groups in total. The third kappa shape index (κ3) is 6.26. The number of nitrogens with zero attached hydrogens (tertiary/aromatic N) is 3. The number of hydrogen-bond donors (Lipinski definition) is 1. The Hall–Kier alpha value is -2.46. The monoisotopic (exact) mass is 544 g/mol. The largest absolute Gasteiger partial charge is 0.321 e. The second-order valence-corrected chi connectivity index (χ2v) is 12.0. The van der Waals surface area contributed by atoms with Crippen LogP contribution in [0.2, 0.25) is 5.02 Å². The molecule has 10 heteroatoms. The summed E-state index contributed by atoms with van der Waals surface area (Å²) in [4.78, 5) is 21.7. The summed E-state index contributed by atoms with van der Waals surface area (Å²) in [6, 6.07) is 14.4. The molecule has 2 aromatic carbocycles. The number of carbonyl (C=O) groups excluding carboxylic acids is 1. The number of thioether (sulfide) groups is 1. The maximum Gasteiger partial charge on any atom is 0.275 e. The Balaban J connectivity index is 1.44. The maximum atomic E-state index is 13.2. The van der Waals surface area contributed by atoms with Gasteiger partial charge in [0.05, 0.1) is 16.1 Å². The number of aromatic nitrogens is 2. The topological polar surface area (TPSA) is 92.3 Å². The van der Waals surface area contributed by atoms with Gasteiger partial charge in [-0.2, -0.15) is 4.31 Å². The van der Waals surface area contributed by atoms with E-state index in [-0.39, 0.29) is 21.7 Å². The minimum absolute atomic E-state index is 0.0287. The quantitative estimate of drug-likeness (QED) is 0.279. The fourth-order valence-electron chi connectivity index (χ4n) is 4.26. The van der Waals surface area contributed by atoms with Gasteiger partial charge < -0.3 is 5.32 Å². The lowest BCUT2D eigenvalue weighted by atomic mass is 10.0. The number of halogens is 1. The molecule has 1 unspecified atom stereocenters. The average molecular weight is 545 g/mol. The van der Waals surface area contributed by atoms with Crippen molar-refractivity contribution in [1.29, 1.82) is 0 Å². The van der Waals surface area contributed by atoms with Gasteiger partial charge in [0.2, 0.25) is 10.0 Å². The van der Waals surface area contributed by atoms with E-state index in [0.29, 0.717) is 23.1 Å². The fourth-order valence-corrected chi connectivity index (χ4v) is 6.97. The third-order valence-electron chi connectivity index (χ3n) is 6.15. The summed E-state index contributed by atoms with van der Waals surface area (Å²) >= 11 is 7.63. The standard InChI is InChI=1S/C26H29ClN4O3S2/c1-3-21-9-4-5-14-31(21)36(33,34)22-12-10-20(11-13-22)29-25(32)24-23(27)16-28-26(30-24)35-17-19-8-6-7-18(2)15-19/h6-8,10-13,15-16,21H,3-5,9,14,17H2,1-2H3,(H,29,32). The molecular formula is C26H29ClN4O3S2. The molecule has 7 nitrogen and oxygen atoms in total. The first kappa shape index (κ1) is 26.6. The Morgan fingerprint density at radius 1 is 1.19 bits per heavy atom. The van der Waals surface area contributed by atoms with Gasteiger partial charge in [0, 0.05) is 24.0 Å². The molecule has 1 aliphatic rings. The number of nitrogens with one attached hydrogen (secondary N) is 1. The molecule has 1 aromatic heterocycles. The molecule has 0 spiro atoms. The highest BCUT2D eigenvalue weighted by molar-refractivity contribution is 7.98. The number of hydrogen-bond acceptors (Lipinski definition) is 6. The van der Waals surface area contributed by atoms with Crippen molar-refractivity contribution in [2.45, 2.75) is 61.4 Å². The van der Waals surface area contributed by atoms with E-state index in [0.717, 1.165) is 31.2 Å². The van der Waals surface area contributed by atoms with Crippen molar-refractivity contribution in [3.05, 3.63) is 76.6 Å². The van der Waals surface area contributed by atoms with Gasteiger partial charge >= 0.3 is 0 Å². The van der Waals surface area contributed by atoms with Gasteiger partial charge in [0.1, 0.15) is 0 Å². The molecule has 1 saturated heterocycles. The van der Waals surface area contributed by atoms with E-state index in [1.54, 1.807) is 16.4 Å². The van der Waals surface area contributed by atoms with E-state index in [2.05, 4.69) is 21.4 Å². The molecule has 0 saturated carbocycles. The molecule has 0 aliphatic carbocycles. The molecule has 36 heavy (non-hydrogen) atoms. The molecule has 2 heterocycles. The zero-order valence-electron chi connectivity index (χ0n) is 20.3. The molecule has 1 fully saturated rings. The van der Waals surface area contributed by atoms with E-state index in [9.17, 15) is 13.2 Å². The van der Waals surface area contributed by atoms with Crippen LogP contribution in [0.3, 0.4) is 0 Å². The van der Waals surface area contributed by atoms with Crippen molar-refractivity contribution >= 4 is 45.0 Å². The second kappa shape index (κ2) is 11.7. The van der Waals surface area contributed by atoms with Crippen LogP contribution in [-0.4, -0.2) is 41.2 Å². The Labute approximate surface area is 221 Å². The van der Waals surface area contributed by atoms with E-state index < -0.39 is 15.9 Å². The second-order valence-electron chi connectivity index (χ2n) is 8.78. The number of aryl methyl sites for hydroxylation is 1. The molecule has 4 rings (SSSR count). The summed E-state index contributed by atoms with van der Waals surface area (Å²) in [6.45, 7) is 4.59. The van der Waals surface area contributed by atoms with E-state index in [1.807, 2.05) is 32.0 Å². The minimum Gasteiger partial charge on any atom is -0.321 e. The van der Waals surface area contributed by atoms with E-state index in [4.69, 9.17) is 11.6 Å². The van der Waals surface area contributed by atoms with E-state index >= 15 is 0 Å². The van der Waals surface area contributed by atoms with Crippen LogP contribution >= 0.6 is 23.4 Å². The van der Waals surface area contributed by atoms with Gasteiger partial charge in [0.25, 0.3) is 5.91 Å². The summed E-state index contributed by atoms with van der Waals surface area (Å²) in [5.74, 6) is 0.174. The summed E-state index contributed by atoms with van der Waals surface area (Å²) in [6.07, 6.45) is 5.01. The number of benzene rings is 2. The predicted octanol–water partition coefficient (Wildman–Crippen LogP) is 5.94. The van der Waals surface area contributed by atoms with Gasteiger partial charge in [-0.3, -0.25) is 4.79 Å². The lowest BCUT2D eigenvalue weighted by Crippen LogP contribution is -2.43. The van der Waals surface area contributed by atoms with Crippen LogP contribution in [0.25, 0.3) is 0 Å². The van der Waals surface area contributed by atoms with Crippen LogP contribution in [0.5, 0.6) is 0 Å². The zero-order chi connectivity index (χ0) is 25.7. The van der Waals surface area contributed by atoms with Crippen LogP contribution in [0.1, 0.15) is 54.2 Å². The number of carbonyl (C=O) groups is 1. The number of anilines is 1. The molecule has 3 aromatic rings.